The summed E-state index contributed by atoms with van der Waals surface area (Å²) < 4.78 is 0. The Kier molecular flexibility index (Phi) is 3.51. The highest BCUT2D eigenvalue weighted by Gasteiger charge is 2.27. The van der Waals surface area contributed by atoms with Crippen LogP contribution in [0.4, 0.5) is 5.82 Å². The summed E-state index contributed by atoms with van der Waals surface area (Å²) in [5.74, 6) is 1.80. The molecule has 1 aromatic heterocycles. The van der Waals surface area contributed by atoms with Crippen LogP contribution in [0, 0.1) is 5.92 Å². The summed E-state index contributed by atoms with van der Waals surface area (Å²) in [6.07, 6.45) is 5.64. The minimum absolute atomic E-state index is 0.169. The molecule has 108 valence electrons. The standard InChI is InChI=1S/C15H22N4O/c1-2-10-6-7-19(9-10)15-12(14(16)18-20)8-11-4-3-5-13(11)17-15/h8,10,20H,2-7,9H2,1H3,(H2,16,18). The number of nitrogens with two attached hydrogens (primary N) is 1. The monoisotopic (exact) mass is 274 g/mol. The first-order valence-electron chi connectivity index (χ1n) is 7.48. The number of pyridine rings is 1. The molecule has 3 rings (SSSR count). The number of anilines is 1. The van der Waals surface area contributed by atoms with E-state index in [9.17, 15) is 0 Å². The lowest BCUT2D eigenvalue weighted by Gasteiger charge is -2.21. The molecule has 5 nitrogen and oxygen atoms in total. The van der Waals surface area contributed by atoms with E-state index in [2.05, 4.69) is 23.0 Å². The average Bonchev–Trinajstić information content (AvgIpc) is 3.12. The van der Waals surface area contributed by atoms with Crippen LogP contribution >= 0.6 is 0 Å². The molecule has 0 aromatic carbocycles. The first kappa shape index (κ1) is 13.2. The SMILES string of the molecule is CCC1CCN(c2nc3c(cc2C(N)=NO)CCC3)C1. The third kappa shape index (κ3) is 2.21. The van der Waals surface area contributed by atoms with Gasteiger partial charge in [0.15, 0.2) is 5.84 Å². The van der Waals surface area contributed by atoms with E-state index < -0.39 is 0 Å². The van der Waals surface area contributed by atoms with Crippen LogP contribution in [0.25, 0.3) is 0 Å². The molecule has 5 heteroatoms. The van der Waals surface area contributed by atoms with Crippen LogP contribution in [0.5, 0.6) is 0 Å². The fourth-order valence-corrected chi connectivity index (χ4v) is 3.30. The van der Waals surface area contributed by atoms with Gasteiger partial charge in [0, 0.05) is 18.8 Å². The summed E-state index contributed by atoms with van der Waals surface area (Å²) in [6.45, 7) is 4.26. The molecule has 0 bridgehead atoms. The molecule has 1 aliphatic heterocycles. The fourth-order valence-electron chi connectivity index (χ4n) is 3.30. The maximum atomic E-state index is 9.02. The van der Waals surface area contributed by atoms with Crippen molar-refractivity contribution in [1.29, 1.82) is 0 Å². The van der Waals surface area contributed by atoms with Crippen molar-refractivity contribution >= 4 is 11.7 Å². The molecule has 1 unspecified atom stereocenters. The van der Waals surface area contributed by atoms with E-state index in [0.29, 0.717) is 0 Å². The second-order valence-corrected chi connectivity index (χ2v) is 5.81. The topological polar surface area (TPSA) is 74.7 Å². The Morgan fingerprint density at radius 1 is 1.55 bits per heavy atom. The van der Waals surface area contributed by atoms with Gasteiger partial charge in [-0.05, 0) is 43.2 Å². The van der Waals surface area contributed by atoms with E-state index >= 15 is 0 Å². The van der Waals surface area contributed by atoms with Gasteiger partial charge in [0.05, 0.1) is 5.56 Å². The van der Waals surface area contributed by atoms with Gasteiger partial charge >= 0.3 is 0 Å². The molecule has 1 aromatic rings. The predicted octanol–water partition coefficient (Wildman–Crippen LogP) is 1.90. The molecular formula is C15H22N4O. The highest BCUT2D eigenvalue weighted by atomic mass is 16.4. The van der Waals surface area contributed by atoms with Crippen molar-refractivity contribution in [2.75, 3.05) is 18.0 Å². The van der Waals surface area contributed by atoms with Crippen molar-refractivity contribution in [3.63, 3.8) is 0 Å². The molecule has 20 heavy (non-hydrogen) atoms. The molecule has 0 spiro atoms. The van der Waals surface area contributed by atoms with E-state index in [0.717, 1.165) is 49.7 Å². The third-order valence-corrected chi connectivity index (χ3v) is 4.58. The molecule has 0 saturated carbocycles. The Labute approximate surface area is 119 Å². The smallest absolute Gasteiger partial charge is 0.173 e. The molecule has 0 radical (unpaired) electrons. The van der Waals surface area contributed by atoms with Gasteiger partial charge in [0.1, 0.15) is 5.82 Å². The average molecular weight is 274 g/mol. The number of oxime groups is 1. The van der Waals surface area contributed by atoms with Gasteiger partial charge in [-0.2, -0.15) is 0 Å². The van der Waals surface area contributed by atoms with Gasteiger partial charge in [-0.25, -0.2) is 4.98 Å². The van der Waals surface area contributed by atoms with Crippen LogP contribution in [0.15, 0.2) is 11.2 Å². The number of amidine groups is 1. The summed E-state index contributed by atoms with van der Waals surface area (Å²) in [7, 11) is 0. The van der Waals surface area contributed by atoms with Gasteiger partial charge in [0.25, 0.3) is 0 Å². The molecule has 1 fully saturated rings. The van der Waals surface area contributed by atoms with Gasteiger partial charge < -0.3 is 15.8 Å². The fraction of sp³-hybridized carbons (Fsp3) is 0.600. The number of hydrogen-bond donors (Lipinski definition) is 2. The maximum Gasteiger partial charge on any atom is 0.173 e. The first-order valence-corrected chi connectivity index (χ1v) is 7.48. The molecule has 1 atom stereocenters. The predicted molar refractivity (Wildman–Crippen MR) is 79.4 cm³/mol. The van der Waals surface area contributed by atoms with Gasteiger partial charge in [-0.1, -0.05) is 18.5 Å². The Bertz CT molecular complexity index is 541. The maximum absolute atomic E-state index is 9.02. The first-order chi connectivity index (χ1) is 9.72. The van der Waals surface area contributed by atoms with Crippen molar-refractivity contribution in [3.05, 3.63) is 22.9 Å². The van der Waals surface area contributed by atoms with E-state index in [-0.39, 0.29) is 5.84 Å². The normalized spacial score (nSPS) is 22.4. The molecule has 2 heterocycles. The summed E-state index contributed by atoms with van der Waals surface area (Å²) in [4.78, 5) is 7.12. The molecule has 1 saturated heterocycles. The summed E-state index contributed by atoms with van der Waals surface area (Å²) in [5, 5.41) is 12.2. The van der Waals surface area contributed by atoms with E-state index in [4.69, 9.17) is 15.9 Å². The quantitative estimate of drug-likeness (QED) is 0.382. The molecule has 0 amide bonds. The second-order valence-electron chi connectivity index (χ2n) is 5.81. The van der Waals surface area contributed by atoms with Gasteiger partial charge in [0.2, 0.25) is 0 Å². The van der Waals surface area contributed by atoms with Crippen molar-refractivity contribution < 1.29 is 5.21 Å². The van der Waals surface area contributed by atoms with Crippen molar-refractivity contribution in [2.45, 2.75) is 39.0 Å². The number of aryl methyl sites for hydroxylation is 2. The van der Waals surface area contributed by atoms with Crippen LogP contribution in [-0.4, -0.2) is 29.1 Å². The molecule has 3 N–H and O–H groups in total. The minimum Gasteiger partial charge on any atom is -0.409 e. The Morgan fingerprint density at radius 2 is 2.40 bits per heavy atom. The zero-order valence-electron chi connectivity index (χ0n) is 12.0. The zero-order chi connectivity index (χ0) is 14.1. The lowest BCUT2D eigenvalue weighted by molar-refractivity contribution is 0.318. The van der Waals surface area contributed by atoms with E-state index in [1.54, 1.807) is 0 Å². The zero-order valence-corrected chi connectivity index (χ0v) is 12.0. The second kappa shape index (κ2) is 5.31. The third-order valence-electron chi connectivity index (χ3n) is 4.58. The highest BCUT2D eigenvalue weighted by Crippen LogP contribution is 2.31. The molecule has 2 aliphatic rings. The lowest BCUT2D eigenvalue weighted by Crippen LogP contribution is -2.26. The largest absolute Gasteiger partial charge is 0.409 e. The van der Waals surface area contributed by atoms with Crippen LogP contribution < -0.4 is 10.6 Å². The Hall–Kier alpha value is -1.78. The molecule has 1 aliphatic carbocycles. The van der Waals surface area contributed by atoms with Crippen molar-refractivity contribution in [3.8, 4) is 0 Å². The minimum atomic E-state index is 0.169. The number of rotatable bonds is 3. The molecular weight excluding hydrogens is 252 g/mol. The summed E-state index contributed by atoms with van der Waals surface area (Å²) in [6, 6.07) is 2.07. The van der Waals surface area contributed by atoms with Gasteiger partial charge in [-0.3, -0.25) is 0 Å². The van der Waals surface area contributed by atoms with Crippen LogP contribution in [0.2, 0.25) is 0 Å². The Morgan fingerprint density at radius 3 is 3.10 bits per heavy atom. The van der Waals surface area contributed by atoms with E-state index in [1.807, 2.05) is 0 Å². The number of hydrogen-bond acceptors (Lipinski definition) is 4. The van der Waals surface area contributed by atoms with Crippen molar-refractivity contribution in [2.24, 2.45) is 16.8 Å². The summed E-state index contributed by atoms with van der Waals surface area (Å²) >= 11 is 0. The summed E-state index contributed by atoms with van der Waals surface area (Å²) in [5.41, 5.74) is 9.08. The van der Waals surface area contributed by atoms with Gasteiger partial charge in [-0.15, -0.1) is 0 Å². The number of aromatic nitrogens is 1. The number of fused-ring (bicyclic) bond motifs is 1. The Balaban J connectivity index is 2.00. The highest BCUT2D eigenvalue weighted by molar-refractivity contribution is 6.01. The number of nitrogens with zero attached hydrogens (tertiary/aromatic N) is 3. The van der Waals surface area contributed by atoms with Crippen LogP contribution in [0.3, 0.4) is 0 Å². The lowest BCUT2D eigenvalue weighted by atomic mass is 10.1. The van der Waals surface area contributed by atoms with Crippen molar-refractivity contribution in [1.82, 2.24) is 4.98 Å². The van der Waals surface area contributed by atoms with E-state index in [1.165, 1.54) is 24.1 Å². The van der Waals surface area contributed by atoms with Crippen LogP contribution in [0.1, 0.15) is 43.0 Å². The van der Waals surface area contributed by atoms with Crippen LogP contribution in [-0.2, 0) is 12.8 Å².